The Hall–Kier alpha value is 1.48. The van der Waals surface area contributed by atoms with Gasteiger partial charge in [-0.1, -0.05) is 20.8 Å². The van der Waals surface area contributed by atoms with Crippen molar-refractivity contribution in [2.24, 2.45) is 5.92 Å². The molecule has 2 heteroatoms. The van der Waals surface area contributed by atoms with Gasteiger partial charge in [0.25, 0.3) is 0 Å². The van der Waals surface area contributed by atoms with E-state index < -0.39 is 0 Å². The van der Waals surface area contributed by atoms with Crippen molar-refractivity contribution in [1.29, 1.82) is 0 Å². The van der Waals surface area contributed by atoms with Crippen molar-refractivity contribution >= 4 is 0 Å². The number of rotatable bonds is 0. The second-order valence-corrected chi connectivity index (χ2v) is 2.91. The van der Waals surface area contributed by atoms with Crippen LogP contribution in [-0.2, 0) is 0 Å². The molecule has 1 aliphatic carbocycles. The molecular weight excluding hydrogens is 297 g/mol. The Kier molecular flexibility index (Phi) is 13.0. The zero-order valence-corrected chi connectivity index (χ0v) is 9.41. The number of aliphatic hydroxyl groups excluding tert-OH is 1. The van der Waals surface area contributed by atoms with Crippen LogP contribution in [0.2, 0.25) is 0 Å². The van der Waals surface area contributed by atoms with Crippen molar-refractivity contribution in [3.63, 3.8) is 0 Å². The maximum absolute atomic E-state index is 9.03. The van der Waals surface area contributed by atoms with E-state index in [1.54, 1.807) is 0 Å². The number of aliphatic hydroxyl groups is 1. The van der Waals surface area contributed by atoms with E-state index in [0.717, 1.165) is 18.8 Å². The fourth-order valence-corrected chi connectivity index (χ4v) is 1.24. The molecule has 11 heavy (non-hydrogen) atoms. The van der Waals surface area contributed by atoms with Crippen molar-refractivity contribution < 1.29 is 52.0 Å². The minimum absolute atomic E-state index is 0. The Labute approximate surface area is 109 Å². The molecule has 0 amide bonds. The van der Waals surface area contributed by atoms with Crippen LogP contribution in [0.15, 0.2) is 0 Å². The van der Waals surface area contributed by atoms with E-state index in [4.69, 9.17) is 5.11 Å². The topological polar surface area (TPSA) is 20.2 Å². The molecule has 0 aromatic carbocycles. The van der Waals surface area contributed by atoms with Crippen LogP contribution in [0.1, 0.15) is 46.5 Å². The molecule has 0 unspecified atom stereocenters. The number of hydrogen-bond acceptors (Lipinski definition) is 1. The van der Waals surface area contributed by atoms with Gasteiger partial charge < -0.3 is 5.11 Å². The van der Waals surface area contributed by atoms with Crippen LogP contribution in [0, 0.1) is 52.8 Å². The molecule has 76 valence electrons. The predicted octanol–water partition coefficient (Wildman–Crippen LogP) is 2.58. The molecule has 0 aromatic rings. The van der Waals surface area contributed by atoms with Crippen molar-refractivity contribution in [3.05, 3.63) is 0 Å². The zero-order chi connectivity index (χ0) is 7.98. The van der Waals surface area contributed by atoms with E-state index in [1.165, 1.54) is 12.8 Å². The summed E-state index contributed by atoms with van der Waals surface area (Å²) in [6.07, 6.45) is 4.52. The van der Waals surface area contributed by atoms with Gasteiger partial charge in [-0.15, -0.1) is 0 Å². The van der Waals surface area contributed by atoms with Crippen LogP contribution in [0.25, 0.3) is 0 Å². The monoisotopic (exact) mass is 318 g/mol. The fraction of sp³-hybridized carbons (Fsp3) is 1.00. The van der Waals surface area contributed by atoms with Gasteiger partial charge in [-0.3, -0.25) is 0 Å². The van der Waals surface area contributed by atoms with Crippen LogP contribution < -0.4 is 0 Å². The van der Waals surface area contributed by atoms with Crippen LogP contribution in [-0.4, -0.2) is 11.2 Å². The third-order valence-corrected chi connectivity index (χ3v) is 1.99. The molecule has 0 bridgehead atoms. The van der Waals surface area contributed by atoms with Gasteiger partial charge in [0.15, 0.2) is 0 Å². The Balaban J connectivity index is 0. The third kappa shape index (κ3) is 7.83. The molecule has 0 spiro atoms. The minimum atomic E-state index is 0. The van der Waals surface area contributed by atoms with Crippen LogP contribution in [0.4, 0.5) is 0 Å². The summed E-state index contributed by atoms with van der Waals surface area (Å²) in [7, 11) is 0. The Morgan fingerprint density at radius 1 is 1.00 bits per heavy atom. The average molecular weight is 317 g/mol. The molecule has 0 atom stereocenters. The molecule has 1 rings (SSSR count). The van der Waals surface area contributed by atoms with E-state index in [0.29, 0.717) is 0 Å². The summed E-state index contributed by atoms with van der Waals surface area (Å²) in [5, 5.41) is 9.03. The molecule has 0 radical (unpaired) electrons. The summed E-state index contributed by atoms with van der Waals surface area (Å²) in [5.41, 5.74) is 0. The van der Waals surface area contributed by atoms with Gasteiger partial charge in [0.2, 0.25) is 0 Å². The first-order chi connectivity index (χ1) is 4.79. The standard InChI is InChI=1S/C7H14O.C2H6.Yb/c1-6-2-4-7(8)5-3-6;1-2;/h6-8H,2-5H2,1H3;1-2H3;. The smallest absolute Gasteiger partial charge is 0.0540 e. The Morgan fingerprint density at radius 3 is 1.64 bits per heavy atom. The molecule has 1 saturated carbocycles. The maximum Gasteiger partial charge on any atom is 0.0540 e. The quantitative estimate of drug-likeness (QED) is 0.728. The summed E-state index contributed by atoms with van der Waals surface area (Å²) < 4.78 is 0. The van der Waals surface area contributed by atoms with Gasteiger partial charge in [0.05, 0.1) is 6.10 Å². The summed E-state index contributed by atoms with van der Waals surface area (Å²) >= 11 is 0. The SMILES string of the molecule is CC.CC1CCC(O)CC1.[Yb]. The van der Waals surface area contributed by atoms with Gasteiger partial charge in [-0.2, -0.15) is 0 Å². The second kappa shape index (κ2) is 9.57. The maximum atomic E-state index is 9.03. The van der Waals surface area contributed by atoms with E-state index in [2.05, 4.69) is 6.92 Å². The second-order valence-electron chi connectivity index (χ2n) is 2.91. The van der Waals surface area contributed by atoms with Crippen LogP contribution in [0.3, 0.4) is 0 Å². The first-order valence-electron chi connectivity index (χ1n) is 4.47. The summed E-state index contributed by atoms with van der Waals surface area (Å²) in [6, 6.07) is 0. The minimum Gasteiger partial charge on any atom is -0.393 e. The van der Waals surface area contributed by atoms with Crippen molar-refractivity contribution in [2.75, 3.05) is 0 Å². The van der Waals surface area contributed by atoms with E-state index in [9.17, 15) is 0 Å². The first-order valence-corrected chi connectivity index (χ1v) is 4.47. The molecule has 0 saturated heterocycles. The molecule has 1 fully saturated rings. The third-order valence-electron chi connectivity index (χ3n) is 1.99. The number of hydrogen-bond donors (Lipinski definition) is 1. The Bertz CT molecular complexity index is 58.0. The Morgan fingerprint density at radius 2 is 1.36 bits per heavy atom. The molecule has 0 aromatic heterocycles. The average Bonchev–Trinajstić information content (AvgIpc) is 2.00. The molecule has 0 heterocycles. The molecule has 1 nitrogen and oxygen atoms in total. The van der Waals surface area contributed by atoms with Gasteiger partial charge >= 0.3 is 0 Å². The van der Waals surface area contributed by atoms with Gasteiger partial charge in [0.1, 0.15) is 0 Å². The summed E-state index contributed by atoms with van der Waals surface area (Å²) in [6.45, 7) is 6.26. The summed E-state index contributed by atoms with van der Waals surface area (Å²) in [4.78, 5) is 0. The normalized spacial score (nSPS) is 29.5. The molecule has 1 N–H and O–H groups in total. The largest absolute Gasteiger partial charge is 0.393 e. The molecule has 0 aliphatic heterocycles. The van der Waals surface area contributed by atoms with E-state index >= 15 is 0 Å². The summed E-state index contributed by atoms with van der Waals surface area (Å²) in [5.74, 6) is 0.860. The zero-order valence-electron chi connectivity index (χ0n) is 7.70. The van der Waals surface area contributed by atoms with Gasteiger partial charge in [0, 0.05) is 46.9 Å². The molecular formula is C9H20OYb. The molecule has 1 aliphatic rings. The fourth-order valence-electron chi connectivity index (χ4n) is 1.24. The first kappa shape index (κ1) is 15.0. The van der Waals surface area contributed by atoms with E-state index in [-0.39, 0.29) is 53.0 Å². The van der Waals surface area contributed by atoms with Crippen LogP contribution >= 0.6 is 0 Å². The van der Waals surface area contributed by atoms with Crippen molar-refractivity contribution in [2.45, 2.75) is 52.6 Å². The van der Waals surface area contributed by atoms with Crippen LogP contribution in [0.5, 0.6) is 0 Å². The van der Waals surface area contributed by atoms with Crippen molar-refractivity contribution in [3.8, 4) is 0 Å². The van der Waals surface area contributed by atoms with E-state index in [1.807, 2.05) is 13.8 Å². The van der Waals surface area contributed by atoms with Crippen molar-refractivity contribution in [1.82, 2.24) is 0 Å². The predicted molar refractivity (Wildman–Crippen MR) is 45.0 cm³/mol. The van der Waals surface area contributed by atoms with Gasteiger partial charge in [-0.25, -0.2) is 0 Å². The van der Waals surface area contributed by atoms with Gasteiger partial charge in [-0.05, 0) is 31.6 Å².